The van der Waals surface area contributed by atoms with Crippen LogP contribution >= 0.6 is 11.6 Å². The number of methoxy groups -OCH3 is 1. The molecular weight excluding hydrogens is 352 g/mol. The van der Waals surface area contributed by atoms with Crippen molar-refractivity contribution in [1.29, 1.82) is 0 Å². The lowest BCUT2D eigenvalue weighted by Gasteiger charge is -2.56. The summed E-state index contributed by atoms with van der Waals surface area (Å²) in [5.41, 5.74) is 1.51. The van der Waals surface area contributed by atoms with Gasteiger partial charge in [-0.3, -0.25) is 4.79 Å². The number of hydrogen-bond acceptors (Lipinski definition) is 4. The summed E-state index contributed by atoms with van der Waals surface area (Å²) in [5.74, 6) is 0.0255. The summed E-state index contributed by atoms with van der Waals surface area (Å²) in [6.07, 6.45) is 4.48. The van der Waals surface area contributed by atoms with E-state index in [1.165, 1.54) is 12.8 Å². The Balaban J connectivity index is 1.43. The van der Waals surface area contributed by atoms with E-state index >= 15 is 0 Å². The van der Waals surface area contributed by atoms with Gasteiger partial charge >= 0.3 is 0 Å². The van der Waals surface area contributed by atoms with Gasteiger partial charge in [-0.2, -0.15) is 0 Å². The Hall–Kier alpha value is -1.30. The minimum Gasteiger partial charge on any atom is -0.392 e. The van der Waals surface area contributed by atoms with E-state index in [0.717, 1.165) is 31.6 Å². The van der Waals surface area contributed by atoms with E-state index in [9.17, 15) is 9.90 Å². The molecule has 1 aromatic rings. The van der Waals surface area contributed by atoms with E-state index in [1.807, 2.05) is 17.0 Å². The molecule has 1 N–H and O–H groups in total. The average molecular weight is 379 g/mol. The largest absolute Gasteiger partial charge is 0.392 e. The van der Waals surface area contributed by atoms with E-state index < -0.39 is 0 Å². The lowest BCUT2D eigenvalue weighted by atomic mass is 9.58. The van der Waals surface area contributed by atoms with Gasteiger partial charge in [0, 0.05) is 50.7 Å². The summed E-state index contributed by atoms with van der Waals surface area (Å²) in [7, 11) is 1.71. The number of hydrogen-bond donors (Lipinski definition) is 1. The first-order valence-corrected chi connectivity index (χ1v) is 9.97. The maximum Gasteiger partial charge on any atom is 0.253 e. The third kappa shape index (κ3) is 2.90. The van der Waals surface area contributed by atoms with Crippen molar-refractivity contribution in [1.82, 2.24) is 4.90 Å². The first-order chi connectivity index (χ1) is 12.5. The lowest BCUT2D eigenvalue weighted by Crippen LogP contribution is -2.62. The van der Waals surface area contributed by atoms with E-state index in [1.54, 1.807) is 13.2 Å². The van der Waals surface area contributed by atoms with Gasteiger partial charge in [-0.05, 0) is 43.9 Å². The number of aliphatic hydroxyl groups excluding tert-OH is 1. The highest BCUT2D eigenvalue weighted by molar-refractivity contribution is 6.33. The molecule has 2 heterocycles. The zero-order valence-electron chi connectivity index (χ0n) is 15.3. The highest BCUT2D eigenvalue weighted by Gasteiger charge is 2.56. The Kier molecular flexibility index (Phi) is 4.88. The van der Waals surface area contributed by atoms with E-state index in [4.69, 9.17) is 16.3 Å². The molecule has 4 rings (SSSR count). The van der Waals surface area contributed by atoms with Crippen LogP contribution in [0, 0.1) is 5.41 Å². The molecule has 2 atom stereocenters. The molecule has 2 saturated heterocycles. The Labute approximate surface area is 159 Å². The number of carbonyl (C=O) groups excluding carboxylic acids is 1. The SMILES string of the molecule is CO[C@@H]1C[C@H](O)C12CCN(C(=O)c1ccc(N3CCCC3)c(Cl)c1)CC2. The molecule has 1 amide bonds. The van der Waals surface area contributed by atoms with Crippen molar-refractivity contribution in [2.24, 2.45) is 5.41 Å². The smallest absolute Gasteiger partial charge is 0.253 e. The van der Waals surface area contributed by atoms with Crippen LogP contribution in [0.15, 0.2) is 18.2 Å². The van der Waals surface area contributed by atoms with Gasteiger partial charge in [0.2, 0.25) is 0 Å². The van der Waals surface area contributed by atoms with Crippen LogP contribution < -0.4 is 4.90 Å². The normalized spacial score (nSPS) is 27.7. The van der Waals surface area contributed by atoms with Crippen molar-refractivity contribution in [2.45, 2.75) is 44.3 Å². The molecule has 1 aliphatic carbocycles. The van der Waals surface area contributed by atoms with Crippen molar-refractivity contribution in [2.75, 3.05) is 38.2 Å². The number of piperidine rings is 1. The van der Waals surface area contributed by atoms with Crippen LogP contribution in [0.2, 0.25) is 5.02 Å². The van der Waals surface area contributed by atoms with Crippen LogP contribution in [0.25, 0.3) is 0 Å². The van der Waals surface area contributed by atoms with Gasteiger partial charge in [0.05, 0.1) is 22.9 Å². The molecule has 1 spiro atoms. The number of nitrogens with zero attached hydrogens (tertiary/aromatic N) is 2. The first-order valence-electron chi connectivity index (χ1n) is 9.60. The highest BCUT2D eigenvalue weighted by Crippen LogP contribution is 2.50. The summed E-state index contributed by atoms with van der Waals surface area (Å²) in [6, 6.07) is 5.67. The quantitative estimate of drug-likeness (QED) is 0.878. The number of aliphatic hydroxyl groups is 1. The molecule has 26 heavy (non-hydrogen) atoms. The molecule has 0 radical (unpaired) electrons. The number of halogens is 1. The van der Waals surface area contributed by atoms with Gasteiger partial charge < -0.3 is 19.6 Å². The van der Waals surface area contributed by atoms with E-state index in [2.05, 4.69) is 4.90 Å². The predicted molar refractivity (Wildman–Crippen MR) is 102 cm³/mol. The summed E-state index contributed by atoms with van der Waals surface area (Å²) in [6.45, 7) is 3.37. The maximum atomic E-state index is 12.9. The molecule has 142 valence electrons. The van der Waals surface area contributed by atoms with Gasteiger partial charge in [0.15, 0.2) is 0 Å². The summed E-state index contributed by atoms with van der Waals surface area (Å²) in [5, 5.41) is 10.9. The second kappa shape index (κ2) is 7.02. The van der Waals surface area contributed by atoms with Gasteiger partial charge in [-0.1, -0.05) is 11.6 Å². The molecule has 0 aromatic heterocycles. The number of ether oxygens (including phenoxy) is 1. The number of rotatable bonds is 3. The summed E-state index contributed by atoms with van der Waals surface area (Å²) >= 11 is 6.46. The zero-order chi connectivity index (χ0) is 18.3. The van der Waals surface area contributed by atoms with Crippen LogP contribution in [-0.2, 0) is 4.74 Å². The van der Waals surface area contributed by atoms with Crippen molar-refractivity contribution in [3.05, 3.63) is 28.8 Å². The van der Waals surface area contributed by atoms with Gasteiger partial charge in [-0.25, -0.2) is 0 Å². The second-order valence-corrected chi connectivity index (χ2v) is 8.27. The van der Waals surface area contributed by atoms with Crippen LogP contribution in [0.1, 0.15) is 42.5 Å². The topological polar surface area (TPSA) is 53.0 Å². The lowest BCUT2D eigenvalue weighted by molar-refractivity contribution is -0.199. The standard InChI is InChI=1S/C20H27ClN2O3/c1-26-18-13-17(24)20(18)6-10-23(11-7-20)19(25)14-4-5-16(15(21)12-14)22-8-2-3-9-22/h4-5,12,17-18,24H,2-3,6-11,13H2,1H3/t17-,18+/m0/s1. The van der Waals surface area contributed by atoms with Gasteiger partial charge in [0.1, 0.15) is 0 Å². The Morgan fingerprint density at radius 2 is 1.92 bits per heavy atom. The summed E-state index contributed by atoms with van der Waals surface area (Å²) < 4.78 is 5.52. The molecule has 2 aliphatic heterocycles. The molecule has 1 aromatic carbocycles. The fourth-order valence-corrected chi connectivity index (χ4v) is 5.18. The monoisotopic (exact) mass is 378 g/mol. The fraction of sp³-hybridized carbons (Fsp3) is 0.650. The number of carbonyl (C=O) groups is 1. The maximum absolute atomic E-state index is 12.9. The van der Waals surface area contributed by atoms with Crippen molar-refractivity contribution >= 4 is 23.2 Å². The van der Waals surface area contributed by atoms with Crippen LogP contribution in [0.3, 0.4) is 0 Å². The van der Waals surface area contributed by atoms with Gasteiger partial charge in [-0.15, -0.1) is 0 Å². The second-order valence-electron chi connectivity index (χ2n) is 7.86. The molecule has 5 nitrogen and oxygen atoms in total. The molecule has 3 aliphatic rings. The van der Waals surface area contributed by atoms with Gasteiger partial charge in [0.25, 0.3) is 5.91 Å². The van der Waals surface area contributed by atoms with Crippen LogP contribution in [-0.4, -0.2) is 61.4 Å². The van der Waals surface area contributed by atoms with E-state index in [-0.39, 0.29) is 23.5 Å². The van der Waals surface area contributed by atoms with Crippen molar-refractivity contribution in [3.63, 3.8) is 0 Å². The zero-order valence-corrected chi connectivity index (χ0v) is 16.0. The minimum atomic E-state index is -0.307. The van der Waals surface area contributed by atoms with Crippen LogP contribution in [0.5, 0.6) is 0 Å². The van der Waals surface area contributed by atoms with E-state index in [0.29, 0.717) is 30.1 Å². The van der Waals surface area contributed by atoms with Crippen LogP contribution in [0.4, 0.5) is 5.69 Å². The van der Waals surface area contributed by atoms with Crippen molar-refractivity contribution < 1.29 is 14.6 Å². The molecule has 1 saturated carbocycles. The molecule has 0 bridgehead atoms. The molecule has 3 fully saturated rings. The average Bonchev–Trinajstić information content (AvgIpc) is 3.19. The molecular formula is C20H27ClN2O3. The number of amides is 1. The molecule has 6 heteroatoms. The Morgan fingerprint density at radius 3 is 2.50 bits per heavy atom. The first kappa shape index (κ1) is 18.1. The third-order valence-electron chi connectivity index (χ3n) is 6.65. The third-order valence-corrected chi connectivity index (χ3v) is 6.95. The Bertz CT molecular complexity index is 682. The predicted octanol–water partition coefficient (Wildman–Crippen LogP) is 2.94. The van der Waals surface area contributed by atoms with Crippen molar-refractivity contribution in [3.8, 4) is 0 Å². The number of anilines is 1. The number of likely N-dealkylation sites (tertiary alicyclic amines) is 1. The highest BCUT2D eigenvalue weighted by atomic mass is 35.5. The Morgan fingerprint density at radius 1 is 1.23 bits per heavy atom. The fourth-order valence-electron chi connectivity index (χ4n) is 4.88. The minimum absolute atomic E-state index is 0.0255. The summed E-state index contributed by atoms with van der Waals surface area (Å²) in [4.78, 5) is 17.1. The number of benzene rings is 1. The molecule has 0 unspecified atom stereocenters.